The van der Waals surface area contributed by atoms with Gasteiger partial charge in [-0.3, -0.25) is 0 Å². The quantitative estimate of drug-likeness (QED) is 0.700. The number of nitrogens with zero attached hydrogens (tertiary/aromatic N) is 1. The van der Waals surface area contributed by atoms with Crippen LogP contribution < -0.4 is 4.72 Å². The Morgan fingerprint density at radius 2 is 1.72 bits per heavy atom. The number of rotatable bonds is 9. The molecular formula is C17H28N2O4S2. The molecule has 1 N–H and O–H groups in total. The Balaban J connectivity index is 2.01. The van der Waals surface area contributed by atoms with Gasteiger partial charge in [0.2, 0.25) is 20.0 Å². The van der Waals surface area contributed by atoms with E-state index in [2.05, 4.69) is 4.72 Å². The summed E-state index contributed by atoms with van der Waals surface area (Å²) in [5.74, 6) is 0. The maximum absolute atomic E-state index is 12.5. The summed E-state index contributed by atoms with van der Waals surface area (Å²) < 4.78 is 52.4. The molecule has 1 aliphatic rings. The third kappa shape index (κ3) is 5.77. The van der Waals surface area contributed by atoms with Crippen LogP contribution in [0.3, 0.4) is 0 Å². The maximum atomic E-state index is 12.5. The highest BCUT2D eigenvalue weighted by atomic mass is 32.2. The van der Waals surface area contributed by atoms with Gasteiger partial charge < -0.3 is 0 Å². The summed E-state index contributed by atoms with van der Waals surface area (Å²) >= 11 is 0. The molecule has 1 aromatic rings. The number of benzene rings is 1. The number of hydrogen-bond donors (Lipinski definition) is 1. The smallest absolute Gasteiger partial charge is 0.213 e. The van der Waals surface area contributed by atoms with Crippen molar-refractivity contribution in [2.24, 2.45) is 0 Å². The van der Waals surface area contributed by atoms with E-state index in [0.717, 1.165) is 50.3 Å². The summed E-state index contributed by atoms with van der Waals surface area (Å²) in [5, 5.41) is 0. The lowest BCUT2D eigenvalue weighted by molar-refractivity contribution is 0.408. The van der Waals surface area contributed by atoms with Crippen molar-refractivity contribution in [2.75, 3.05) is 25.9 Å². The molecule has 6 nitrogen and oxygen atoms in total. The number of sulfonamides is 2. The van der Waals surface area contributed by atoms with Crippen LogP contribution in [0.15, 0.2) is 23.1 Å². The number of nitrogens with one attached hydrogen (secondary N) is 1. The van der Waals surface area contributed by atoms with Crippen LogP contribution in [0.2, 0.25) is 0 Å². The molecule has 0 aliphatic heterocycles. The van der Waals surface area contributed by atoms with E-state index >= 15 is 0 Å². The number of hydrogen-bond acceptors (Lipinski definition) is 4. The highest BCUT2D eigenvalue weighted by Gasteiger charge is 2.20. The van der Waals surface area contributed by atoms with Crippen molar-refractivity contribution < 1.29 is 16.8 Å². The molecule has 2 rings (SSSR count). The molecule has 0 saturated carbocycles. The molecule has 8 heteroatoms. The molecule has 0 fully saturated rings. The second kappa shape index (κ2) is 8.62. The van der Waals surface area contributed by atoms with Crippen molar-refractivity contribution in [3.63, 3.8) is 0 Å². The third-order valence-electron chi connectivity index (χ3n) is 4.51. The van der Waals surface area contributed by atoms with Crippen LogP contribution in [0.5, 0.6) is 0 Å². The molecule has 0 bridgehead atoms. The molecule has 25 heavy (non-hydrogen) atoms. The Kier molecular flexibility index (Phi) is 7.01. The van der Waals surface area contributed by atoms with Gasteiger partial charge in [-0.25, -0.2) is 25.9 Å². The van der Waals surface area contributed by atoms with Crippen LogP contribution in [0, 0.1) is 0 Å². The number of fused-ring (bicyclic) bond motifs is 1. The van der Waals surface area contributed by atoms with Crippen LogP contribution in [0.1, 0.15) is 43.7 Å². The van der Waals surface area contributed by atoms with Gasteiger partial charge in [-0.05, 0) is 55.4 Å². The predicted octanol–water partition coefficient (Wildman–Crippen LogP) is 1.91. The van der Waals surface area contributed by atoms with E-state index in [1.54, 1.807) is 12.1 Å². The summed E-state index contributed by atoms with van der Waals surface area (Å²) in [6.45, 7) is 2.61. The fraction of sp³-hybridized carbons (Fsp3) is 0.647. The van der Waals surface area contributed by atoms with Gasteiger partial charge in [0.15, 0.2) is 0 Å². The Labute approximate surface area is 151 Å². The molecular weight excluding hydrogens is 360 g/mol. The molecule has 0 saturated heterocycles. The van der Waals surface area contributed by atoms with Crippen LogP contribution in [-0.4, -0.2) is 47.0 Å². The van der Waals surface area contributed by atoms with E-state index in [1.807, 2.05) is 13.0 Å². The van der Waals surface area contributed by atoms with Crippen molar-refractivity contribution in [3.05, 3.63) is 29.3 Å². The largest absolute Gasteiger partial charge is 0.240 e. The van der Waals surface area contributed by atoms with Gasteiger partial charge in [-0.15, -0.1) is 0 Å². The lowest BCUT2D eigenvalue weighted by Crippen LogP contribution is -2.38. The van der Waals surface area contributed by atoms with Gasteiger partial charge in [-0.1, -0.05) is 19.4 Å². The zero-order valence-corrected chi connectivity index (χ0v) is 16.6. The number of aryl methyl sites for hydroxylation is 2. The van der Waals surface area contributed by atoms with E-state index < -0.39 is 20.0 Å². The van der Waals surface area contributed by atoms with Crippen molar-refractivity contribution >= 4 is 20.0 Å². The second-order valence-electron chi connectivity index (χ2n) is 6.55. The Morgan fingerprint density at radius 3 is 2.36 bits per heavy atom. The van der Waals surface area contributed by atoms with E-state index in [0.29, 0.717) is 6.54 Å². The Bertz CT molecular complexity index is 789. The van der Waals surface area contributed by atoms with Crippen LogP contribution in [0.25, 0.3) is 0 Å². The van der Waals surface area contributed by atoms with E-state index in [-0.39, 0.29) is 18.0 Å². The summed E-state index contributed by atoms with van der Waals surface area (Å²) in [5.41, 5.74) is 2.34. The van der Waals surface area contributed by atoms with Crippen molar-refractivity contribution in [1.29, 1.82) is 0 Å². The predicted molar refractivity (Wildman–Crippen MR) is 99.6 cm³/mol. The van der Waals surface area contributed by atoms with E-state index in [1.165, 1.54) is 9.87 Å². The standard InChI is InChI=1S/C17H28N2O4S2/c1-3-4-12-19(24(2,20)21)13-11-18-25(22,23)17-10-9-15-7-5-6-8-16(15)14-17/h9-10,14,18H,3-8,11-13H2,1-2H3. The zero-order chi connectivity index (χ0) is 18.5. The minimum Gasteiger partial charge on any atom is -0.213 e. The SMILES string of the molecule is CCCCN(CCNS(=O)(=O)c1ccc2c(c1)CCCC2)S(C)(=O)=O. The highest BCUT2D eigenvalue weighted by molar-refractivity contribution is 7.89. The molecule has 0 amide bonds. The fourth-order valence-electron chi connectivity index (χ4n) is 3.04. The molecule has 1 aliphatic carbocycles. The van der Waals surface area contributed by atoms with E-state index in [9.17, 15) is 16.8 Å². The second-order valence-corrected chi connectivity index (χ2v) is 10.3. The van der Waals surface area contributed by atoms with Crippen LogP contribution >= 0.6 is 0 Å². The first kappa shape index (κ1) is 20.4. The minimum absolute atomic E-state index is 0.0657. The van der Waals surface area contributed by atoms with Crippen molar-refractivity contribution in [2.45, 2.75) is 50.3 Å². The van der Waals surface area contributed by atoms with Crippen molar-refractivity contribution in [1.82, 2.24) is 9.03 Å². The molecule has 0 unspecified atom stereocenters. The Hall–Kier alpha value is -0.960. The maximum Gasteiger partial charge on any atom is 0.240 e. The minimum atomic E-state index is -3.63. The van der Waals surface area contributed by atoms with Gasteiger partial charge in [0.05, 0.1) is 11.2 Å². The van der Waals surface area contributed by atoms with Crippen molar-refractivity contribution in [3.8, 4) is 0 Å². The summed E-state index contributed by atoms with van der Waals surface area (Å²) in [7, 11) is -6.96. The molecule has 0 heterocycles. The number of unbranched alkanes of at least 4 members (excludes halogenated alkanes) is 1. The Morgan fingerprint density at radius 1 is 1.04 bits per heavy atom. The summed E-state index contributed by atoms with van der Waals surface area (Å²) in [6.07, 6.45) is 6.95. The normalized spacial score (nSPS) is 15.3. The average Bonchev–Trinajstić information content (AvgIpc) is 2.56. The van der Waals surface area contributed by atoms with Gasteiger partial charge in [-0.2, -0.15) is 0 Å². The first-order chi connectivity index (χ1) is 11.7. The molecule has 1 aromatic carbocycles. The topological polar surface area (TPSA) is 83.6 Å². The first-order valence-electron chi connectivity index (χ1n) is 8.80. The zero-order valence-electron chi connectivity index (χ0n) is 15.0. The highest BCUT2D eigenvalue weighted by Crippen LogP contribution is 2.23. The van der Waals surface area contributed by atoms with Crippen LogP contribution in [-0.2, 0) is 32.9 Å². The third-order valence-corrected chi connectivity index (χ3v) is 7.28. The summed E-state index contributed by atoms with van der Waals surface area (Å²) in [4.78, 5) is 0.257. The monoisotopic (exact) mass is 388 g/mol. The molecule has 0 radical (unpaired) electrons. The van der Waals surface area contributed by atoms with Gasteiger partial charge in [0, 0.05) is 19.6 Å². The molecule has 0 spiro atoms. The van der Waals surface area contributed by atoms with Gasteiger partial charge >= 0.3 is 0 Å². The lowest BCUT2D eigenvalue weighted by atomic mass is 9.92. The molecule has 0 atom stereocenters. The van der Waals surface area contributed by atoms with Crippen LogP contribution in [0.4, 0.5) is 0 Å². The lowest BCUT2D eigenvalue weighted by Gasteiger charge is -2.20. The average molecular weight is 389 g/mol. The summed E-state index contributed by atoms with van der Waals surface area (Å²) in [6, 6.07) is 5.28. The van der Waals surface area contributed by atoms with E-state index in [4.69, 9.17) is 0 Å². The molecule has 142 valence electrons. The van der Waals surface area contributed by atoms with Gasteiger partial charge in [0.1, 0.15) is 0 Å². The fourth-order valence-corrected chi connectivity index (χ4v) is 5.00. The first-order valence-corrected chi connectivity index (χ1v) is 12.1. The van der Waals surface area contributed by atoms with Gasteiger partial charge in [0.25, 0.3) is 0 Å². The molecule has 0 aromatic heterocycles.